The van der Waals surface area contributed by atoms with Crippen molar-refractivity contribution in [2.24, 2.45) is 0 Å². The van der Waals surface area contributed by atoms with E-state index in [9.17, 15) is 9.90 Å². The Hall–Kier alpha value is -2.07. The van der Waals surface area contributed by atoms with E-state index in [2.05, 4.69) is 41.5 Å². The Morgan fingerprint density at radius 1 is 0.795 bits per heavy atom. The van der Waals surface area contributed by atoms with Crippen molar-refractivity contribution in [3.63, 3.8) is 0 Å². The van der Waals surface area contributed by atoms with E-state index >= 15 is 0 Å². The van der Waals surface area contributed by atoms with E-state index in [0.717, 1.165) is 11.1 Å². The van der Waals surface area contributed by atoms with Crippen LogP contribution < -0.4 is 0 Å². The number of carbonyl (C=O) groups excluding carboxylic acids is 1. The van der Waals surface area contributed by atoms with Crippen LogP contribution in [0, 0.1) is 0 Å². The summed E-state index contributed by atoms with van der Waals surface area (Å²) in [5.41, 5.74) is 3.10. The van der Waals surface area contributed by atoms with Crippen LogP contribution in [-0.2, 0) is 41.4 Å². The predicted octanol–water partition coefficient (Wildman–Crippen LogP) is 6.00. The molecule has 0 bridgehead atoms. The Labute approximate surface area is 234 Å². The summed E-state index contributed by atoms with van der Waals surface area (Å²) in [5.74, 6) is -0.529. The summed E-state index contributed by atoms with van der Waals surface area (Å²) in [7, 11) is -2.23. The molecule has 1 aliphatic heterocycles. The molecule has 0 radical (unpaired) electrons. The molecule has 0 amide bonds. The predicted molar refractivity (Wildman–Crippen MR) is 153 cm³/mol. The maximum Gasteiger partial charge on any atom is 0.303 e. The van der Waals surface area contributed by atoms with Crippen LogP contribution in [0.25, 0.3) is 0 Å². The molecule has 0 aliphatic carbocycles. The lowest BCUT2D eigenvalue weighted by atomic mass is 9.98. The van der Waals surface area contributed by atoms with Gasteiger partial charge in [0.15, 0.2) is 20.7 Å². The summed E-state index contributed by atoms with van der Waals surface area (Å²) in [6.45, 7) is 15.5. The van der Waals surface area contributed by atoms with E-state index in [-0.39, 0.29) is 13.2 Å². The van der Waals surface area contributed by atoms with Gasteiger partial charge in [0.25, 0.3) is 0 Å². The number of benzene rings is 2. The molecule has 216 valence electrons. The summed E-state index contributed by atoms with van der Waals surface area (Å²) in [6, 6.07) is 19.6. The standard InChI is InChI=1S/C31H46O7Si/c1-21(2)39(22(3)4,23(5)6)36-20-27-28(34-18-25-14-10-8-11-15-25)29(30(31(33)38-27)37-24(7)32)35-19-26-16-12-9-13-17-26/h8-17,21-23,27-31,33H,18-20H2,1-7H3/t27-,28-,29+,30+,31?/m1/s1. The van der Waals surface area contributed by atoms with Gasteiger partial charge in [0.2, 0.25) is 0 Å². The molecule has 7 nitrogen and oxygen atoms in total. The van der Waals surface area contributed by atoms with E-state index in [1.54, 1.807) is 0 Å². The van der Waals surface area contributed by atoms with Gasteiger partial charge >= 0.3 is 5.97 Å². The van der Waals surface area contributed by atoms with Gasteiger partial charge in [0.05, 0.1) is 19.8 Å². The second-order valence-corrected chi connectivity index (χ2v) is 16.8. The van der Waals surface area contributed by atoms with Crippen LogP contribution >= 0.6 is 0 Å². The van der Waals surface area contributed by atoms with Gasteiger partial charge in [0, 0.05) is 6.92 Å². The number of carbonyl (C=O) groups is 1. The first kappa shape index (κ1) is 31.5. The lowest BCUT2D eigenvalue weighted by Gasteiger charge is -2.47. The number of hydrogen-bond acceptors (Lipinski definition) is 7. The maximum absolute atomic E-state index is 12.0. The SMILES string of the molecule is CC(=O)O[C@@H]1C(O)O[C@H](CO[Si](C(C)C)(C(C)C)C(C)C)[C@@H](OCc2ccccc2)[C@@H]1OCc1ccccc1. The van der Waals surface area contributed by atoms with Crippen molar-refractivity contribution in [3.8, 4) is 0 Å². The van der Waals surface area contributed by atoms with E-state index < -0.39 is 45.0 Å². The van der Waals surface area contributed by atoms with Crippen LogP contribution in [0.5, 0.6) is 0 Å². The fourth-order valence-corrected chi connectivity index (χ4v) is 11.5. The van der Waals surface area contributed by atoms with Gasteiger partial charge in [-0.3, -0.25) is 4.79 Å². The van der Waals surface area contributed by atoms with E-state index in [1.807, 2.05) is 60.7 Å². The first-order chi connectivity index (χ1) is 18.6. The lowest BCUT2D eigenvalue weighted by molar-refractivity contribution is -0.307. The van der Waals surface area contributed by atoms with Crippen molar-refractivity contribution >= 4 is 14.3 Å². The van der Waals surface area contributed by atoms with Crippen LogP contribution in [0.4, 0.5) is 0 Å². The third-order valence-corrected chi connectivity index (χ3v) is 13.8. The van der Waals surface area contributed by atoms with E-state index in [1.165, 1.54) is 6.92 Å². The fourth-order valence-electron chi connectivity index (χ4n) is 6.00. The Morgan fingerprint density at radius 3 is 1.69 bits per heavy atom. The first-order valence-electron chi connectivity index (χ1n) is 14.0. The topological polar surface area (TPSA) is 83.5 Å². The maximum atomic E-state index is 12.0. The molecule has 0 spiro atoms. The number of hydrogen-bond donors (Lipinski definition) is 1. The Kier molecular flexibility index (Phi) is 11.7. The molecule has 1 N–H and O–H groups in total. The number of rotatable bonds is 13. The van der Waals surface area contributed by atoms with Crippen molar-refractivity contribution in [2.45, 2.75) is 109 Å². The fraction of sp³-hybridized carbons (Fsp3) is 0.581. The number of ether oxygens (including phenoxy) is 4. The Balaban J connectivity index is 1.93. The van der Waals surface area contributed by atoms with E-state index in [0.29, 0.717) is 23.2 Å². The molecular weight excluding hydrogens is 512 g/mol. The van der Waals surface area contributed by atoms with Crippen molar-refractivity contribution in [1.29, 1.82) is 0 Å². The van der Waals surface area contributed by atoms with Gasteiger partial charge in [-0.15, -0.1) is 0 Å². The van der Waals surface area contributed by atoms with Gasteiger partial charge in [-0.25, -0.2) is 0 Å². The second kappa shape index (κ2) is 14.5. The highest BCUT2D eigenvalue weighted by Crippen LogP contribution is 2.43. The van der Waals surface area contributed by atoms with Crippen molar-refractivity contribution in [3.05, 3.63) is 71.8 Å². The molecule has 1 fully saturated rings. The summed E-state index contributed by atoms with van der Waals surface area (Å²) in [4.78, 5) is 12.0. The average molecular weight is 559 g/mol. The summed E-state index contributed by atoms with van der Waals surface area (Å²) in [5, 5.41) is 11.0. The number of aliphatic hydroxyl groups excluding tert-OH is 1. The third-order valence-electron chi connectivity index (χ3n) is 7.69. The third kappa shape index (κ3) is 7.99. The number of aliphatic hydroxyl groups is 1. The minimum atomic E-state index is -2.23. The molecule has 0 saturated carbocycles. The number of esters is 1. The van der Waals surface area contributed by atoms with Crippen molar-refractivity contribution in [2.75, 3.05) is 6.61 Å². The molecule has 5 atom stereocenters. The van der Waals surface area contributed by atoms with Crippen molar-refractivity contribution < 1.29 is 33.3 Å². The highest BCUT2D eigenvalue weighted by molar-refractivity contribution is 6.77. The highest BCUT2D eigenvalue weighted by atomic mass is 28.4. The van der Waals surface area contributed by atoms with Gasteiger partial charge in [-0.2, -0.15) is 0 Å². The summed E-state index contributed by atoms with van der Waals surface area (Å²) < 4.78 is 31.3. The van der Waals surface area contributed by atoms with Crippen LogP contribution in [0.1, 0.15) is 59.6 Å². The molecule has 0 aromatic heterocycles. The zero-order valence-electron chi connectivity index (χ0n) is 24.4. The molecule has 1 aliphatic rings. The molecule has 8 heteroatoms. The van der Waals surface area contributed by atoms with Crippen molar-refractivity contribution in [1.82, 2.24) is 0 Å². The van der Waals surface area contributed by atoms with Gasteiger partial charge in [-0.05, 0) is 27.8 Å². The summed E-state index contributed by atoms with van der Waals surface area (Å²) in [6.07, 6.45) is -4.48. The zero-order chi connectivity index (χ0) is 28.6. The lowest BCUT2D eigenvalue weighted by Crippen LogP contribution is -2.62. The normalized spacial score (nSPS) is 23.9. The first-order valence-corrected chi connectivity index (χ1v) is 16.2. The summed E-state index contributed by atoms with van der Waals surface area (Å²) >= 11 is 0. The van der Waals surface area contributed by atoms with Gasteiger partial charge < -0.3 is 28.5 Å². The molecule has 2 aromatic rings. The smallest absolute Gasteiger partial charge is 0.303 e. The minimum Gasteiger partial charge on any atom is -0.454 e. The molecule has 39 heavy (non-hydrogen) atoms. The minimum absolute atomic E-state index is 0.245. The monoisotopic (exact) mass is 558 g/mol. The highest BCUT2D eigenvalue weighted by Gasteiger charge is 2.51. The molecule has 3 rings (SSSR count). The van der Waals surface area contributed by atoms with Crippen LogP contribution in [0.2, 0.25) is 16.6 Å². The van der Waals surface area contributed by atoms with Crippen LogP contribution in [-0.4, -0.2) is 56.7 Å². The molecule has 2 aromatic carbocycles. The van der Waals surface area contributed by atoms with Crippen LogP contribution in [0.3, 0.4) is 0 Å². The molecule has 1 unspecified atom stereocenters. The second-order valence-electron chi connectivity index (χ2n) is 11.3. The zero-order valence-corrected chi connectivity index (χ0v) is 25.4. The van der Waals surface area contributed by atoms with Gasteiger partial charge in [-0.1, -0.05) is 102 Å². The largest absolute Gasteiger partial charge is 0.454 e. The Morgan fingerprint density at radius 2 is 1.26 bits per heavy atom. The van der Waals surface area contributed by atoms with Gasteiger partial charge in [0.1, 0.15) is 18.3 Å². The van der Waals surface area contributed by atoms with E-state index in [4.69, 9.17) is 23.4 Å². The molecule has 1 saturated heterocycles. The van der Waals surface area contributed by atoms with Crippen LogP contribution in [0.15, 0.2) is 60.7 Å². The quantitative estimate of drug-likeness (QED) is 0.239. The average Bonchev–Trinajstić information content (AvgIpc) is 2.89. The molecule has 1 heterocycles. The molecular formula is C31H46O7Si. The Bertz CT molecular complexity index is 977.